The normalized spacial score (nSPS) is 20.6. The minimum atomic E-state index is 0.247. The van der Waals surface area contributed by atoms with Gasteiger partial charge in [-0.2, -0.15) is 0 Å². The molecule has 18 heavy (non-hydrogen) atoms. The fourth-order valence-electron chi connectivity index (χ4n) is 2.29. The zero-order valence-corrected chi connectivity index (χ0v) is 12.3. The molecule has 0 unspecified atom stereocenters. The lowest BCUT2D eigenvalue weighted by atomic mass is 9.98. The Morgan fingerprint density at radius 1 is 0.889 bits per heavy atom. The maximum atomic E-state index is 12.3. The van der Waals surface area contributed by atoms with E-state index < -0.39 is 0 Å². The summed E-state index contributed by atoms with van der Waals surface area (Å²) in [5.74, 6) is 0.247. The molecule has 0 aromatic heterocycles. The fourth-order valence-corrected chi connectivity index (χ4v) is 2.29. The molecular weight excluding hydrogens is 220 g/mol. The molecule has 0 aliphatic heterocycles. The molecule has 0 spiro atoms. The van der Waals surface area contributed by atoms with Crippen LogP contribution in [0, 0.1) is 0 Å². The Bertz CT molecular complexity index is 358. The van der Waals surface area contributed by atoms with Gasteiger partial charge in [0.1, 0.15) is 0 Å². The van der Waals surface area contributed by atoms with Crippen LogP contribution in [-0.2, 0) is 4.79 Å². The first kappa shape index (κ1) is 14.9. The maximum Gasteiger partial charge on any atom is 0.192 e. The molecule has 0 radical (unpaired) electrons. The Kier molecular flexibility index (Phi) is 6.11. The fraction of sp³-hybridized carbons (Fsp3) is 0.588. The van der Waals surface area contributed by atoms with Gasteiger partial charge in [-0.05, 0) is 39.5 Å². The van der Waals surface area contributed by atoms with E-state index in [1.807, 2.05) is 12.2 Å². The monoisotopic (exact) mass is 246 g/mol. The lowest BCUT2D eigenvalue weighted by molar-refractivity contribution is -0.111. The Morgan fingerprint density at radius 2 is 1.28 bits per heavy atom. The van der Waals surface area contributed by atoms with Crippen molar-refractivity contribution in [2.24, 2.45) is 0 Å². The van der Waals surface area contributed by atoms with Crippen LogP contribution < -0.4 is 0 Å². The largest absolute Gasteiger partial charge is 0.289 e. The summed E-state index contributed by atoms with van der Waals surface area (Å²) >= 11 is 0. The third kappa shape index (κ3) is 3.69. The highest BCUT2D eigenvalue weighted by atomic mass is 16.1. The molecule has 1 aliphatic rings. The van der Waals surface area contributed by atoms with Crippen molar-refractivity contribution >= 4 is 5.78 Å². The number of hydrogen-bond acceptors (Lipinski definition) is 1. The van der Waals surface area contributed by atoms with Crippen LogP contribution in [0.25, 0.3) is 0 Å². The smallest absolute Gasteiger partial charge is 0.192 e. The highest BCUT2D eigenvalue weighted by Crippen LogP contribution is 2.27. The van der Waals surface area contributed by atoms with Crippen LogP contribution in [0.4, 0.5) is 0 Å². The molecule has 1 aliphatic carbocycles. The van der Waals surface area contributed by atoms with E-state index in [4.69, 9.17) is 0 Å². The molecule has 0 amide bonds. The standard InChI is InChI=1S/C17H26O/c1-5-7-9-13(3)15-11-12-16(17(15)18)14(4)10-8-6-2/h11-12H,5-10H2,1-4H3. The van der Waals surface area contributed by atoms with Gasteiger partial charge in [0.25, 0.3) is 0 Å². The minimum absolute atomic E-state index is 0.247. The van der Waals surface area contributed by atoms with Crippen LogP contribution in [0.1, 0.15) is 66.2 Å². The summed E-state index contributed by atoms with van der Waals surface area (Å²) in [6, 6.07) is 0. The molecule has 0 N–H and O–H groups in total. The summed E-state index contributed by atoms with van der Waals surface area (Å²) in [5, 5.41) is 0. The van der Waals surface area contributed by atoms with Crippen molar-refractivity contribution in [1.82, 2.24) is 0 Å². The van der Waals surface area contributed by atoms with E-state index in [0.717, 1.165) is 24.0 Å². The number of Topliss-reactive ketones (excluding diaryl/α,β-unsaturated/α-hetero) is 1. The summed E-state index contributed by atoms with van der Waals surface area (Å²) < 4.78 is 0. The molecule has 1 rings (SSSR count). The Balaban J connectivity index is 2.82. The van der Waals surface area contributed by atoms with E-state index in [2.05, 4.69) is 27.7 Å². The molecule has 0 saturated carbocycles. The molecule has 0 atom stereocenters. The second-order valence-corrected chi connectivity index (χ2v) is 5.26. The first-order valence-electron chi connectivity index (χ1n) is 7.24. The molecule has 0 saturated heterocycles. The van der Waals surface area contributed by atoms with Crippen LogP contribution in [0.5, 0.6) is 0 Å². The van der Waals surface area contributed by atoms with Crippen LogP contribution in [0.15, 0.2) is 34.4 Å². The summed E-state index contributed by atoms with van der Waals surface area (Å²) in [6.45, 7) is 8.56. The van der Waals surface area contributed by atoms with Gasteiger partial charge in [0.2, 0.25) is 0 Å². The second kappa shape index (κ2) is 7.35. The van der Waals surface area contributed by atoms with E-state index in [9.17, 15) is 4.79 Å². The number of allylic oxidation sites excluding steroid dienone is 6. The highest BCUT2D eigenvalue weighted by Gasteiger charge is 2.20. The molecule has 1 nitrogen and oxygen atoms in total. The van der Waals surface area contributed by atoms with E-state index in [0.29, 0.717) is 0 Å². The highest BCUT2D eigenvalue weighted by molar-refractivity contribution is 6.16. The summed E-state index contributed by atoms with van der Waals surface area (Å²) in [7, 11) is 0. The average Bonchev–Trinajstić information content (AvgIpc) is 2.75. The Morgan fingerprint density at radius 3 is 1.61 bits per heavy atom. The number of rotatable bonds is 6. The first-order valence-corrected chi connectivity index (χ1v) is 7.24. The average molecular weight is 246 g/mol. The summed E-state index contributed by atoms with van der Waals surface area (Å²) in [6.07, 6.45) is 10.8. The van der Waals surface area contributed by atoms with Gasteiger partial charge >= 0.3 is 0 Å². The summed E-state index contributed by atoms with van der Waals surface area (Å²) in [5.41, 5.74) is 4.37. The zero-order valence-electron chi connectivity index (χ0n) is 12.3. The SMILES string of the molecule is CCCCC(C)=C1C=CC(=C(C)CCCC)C1=O. The molecule has 1 heteroatoms. The molecule has 0 heterocycles. The van der Waals surface area contributed by atoms with Crippen molar-refractivity contribution < 1.29 is 4.79 Å². The van der Waals surface area contributed by atoms with E-state index in [1.165, 1.54) is 36.8 Å². The van der Waals surface area contributed by atoms with Gasteiger partial charge in [0.15, 0.2) is 5.78 Å². The quantitative estimate of drug-likeness (QED) is 0.593. The number of ketones is 1. The number of carbonyl (C=O) groups is 1. The number of carbonyl (C=O) groups excluding carboxylic acids is 1. The topological polar surface area (TPSA) is 17.1 Å². The van der Waals surface area contributed by atoms with Gasteiger partial charge in [0.05, 0.1) is 0 Å². The van der Waals surface area contributed by atoms with Crippen LogP contribution in [0.2, 0.25) is 0 Å². The molecule has 100 valence electrons. The van der Waals surface area contributed by atoms with Crippen LogP contribution in [-0.4, -0.2) is 5.78 Å². The van der Waals surface area contributed by atoms with Gasteiger partial charge < -0.3 is 0 Å². The molecule has 0 aromatic carbocycles. The van der Waals surface area contributed by atoms with Crippen molar-refractivity contribution in [3.63, 3.8) is 0 Å². The molecular formula is C17H26O. The number of hydrogen-bond donors (Lipinski definition) is 0. The van der Waals surface area contributed by atoms with Crippen molar-refractivity contribution in [1.29, 1.82) is 0 Å². The maximum absolute atomic E-state index is 12.3. The molecule has 0 aromatic rings. The van der Waals surface area contributed by atoms with Crippen molar-refractivity contribution in [3.05, 3.63) is 34.4 Å². The van der Waals surface area contributed by atoms with Crippen molar-refractivity contribution in [2.45, 2.75) is 66.2 Å². The van der Waals surface area contributed by atoms with Crippen LogP contribution in [0.3, 0.4) is 0 Å². The van der Waals surface area contributed by atoms with Gasteiger partial charge in [-0.1, -0.05) is 50.0 Å². The third-order valence-electron chi connectivity index (χ3n) is 3.64. The molecule has 0 fully saturated rings. The minimum Gasteiger partial charge on any atom is -0.289 e. The van der Waals surface area contributed by atoms with E-state index in [-0.39, 0.29) is 5.78 Å². The lowest BCUT2D eigenvalue weighted by Crippen LogP contribution is -2.02. The Hall–Kier alpha value is -1.11. The van der Waals surface area contributed by atoms with Gasteiger partial charge in [-0.25, -0.2) is 0 Å². The van der Waals surface area contributed by atoms with E-state index >= 15 is 0 Å². The Labute approximate surface area is 112 Å². The van der Waals surface area contributed by atoms with Gasteiger partial charge in [0, 0.05) is 11.1 Å². The molecule has 0 bridgehead atoms. The predicted octanol–water partition coefficient (Wildman–Crippen LogP) is 5.14. The van der Waals surface area contributed by atoms with Crippen LogP contribution >= 0.6 is 0 Å². The number of unbranched alkanes of at least 4 members (excludes halogenated alkanes) is 2. The summed E-state index contributed by atoms with van der Waals surface area (Å²) in [4.78, 5) is 12.3. The lowest BCUT2D eigenvalue weighted by Gasteiger charge is -2.06. The van der Waals surface area contributed by atoms with Gasteiger partial charge in [-0.3, -0.25) is 4.79 Å². The zero-order chi connectivity index (χ0) is 13.5. The van der Waals surface area contributed by atoms with Crippen molar-refractivity contribution in [2.75, 3.05) is 0 Å². The first-order chi connectivity index (χ1) is 8.61. The third-order valence-corrected chi connectivity index (χ3v) is 3.64. The van der Waals surface area contributed by atoms with Gasteiger partial charge in [-0.15, -0.1) is 0 Å². The second-order valence-electron chi connectivity index (χ2n) is 5.26. The predicted molar refractivity (Wildman–Crippen MR) is 78.6 cm³/mol. The van der Waals surface area contributed by atoms with Crippen molar-refractivity contribution in [3.8, 4) is 0 Å². The van der Waals surface area contributed by atoms with E-state index in [1.54, 1.807) is 0 Å².